The topological polar surface area (TPSA) is 133 Å². The van der Waals surface area contributed by atoms with Crippen molar-refractivity contribution >= 4 is 5.91 Å². The second-order valence-corrected chi connectivity index (χ2v) is 10.1. The number of nitriles is 1. The molecule has 1 aromatic heterocycles. The lowest BCUT2D eigenvalue weighted by Gasteiger charge is -2.33. The maximum atomic E-state index is 12.3. The molecule has 5 rings (SSSR count). The molecule has 0 aliphatic carbocycles. The number of likely N-dealkylation sites (tertiary alicyclic amines) is 1. The SMILES string of the molecule is Cc1c(COc2nc(CN3CCCCC3C(=O)NO)nc(OCc3cccc(C#N)c3)n2)cccc1-c1ccccc1. The number of rotatable bonds is 10. The molecule has 1 unspecified atom stereocenters. The van der Waals surface area contributed by atoms with Crippen LogP contribution in [0.1, 0.15) is 47.3 Å². The van der Waals surface area contributed by atoms with Crippen LogP contribution in [0, 0.1) is 18.3 Å². The van der Waals surface area contributed by atoms with Gasteiger partial charge < -0.3 is 9.47 Å². The average Bonchev–Trinajstić information content (AvgIpc) is 3.03. The highest BCUT2D eigenvalue weighted by molar-refractivity contribution is 5.80. The molecule has 2 heterocycles. The van der Waals surface area contributed by atoms with Gasteiger partial charge in [-0.15, -0.1) is 4.98 Å². The first kappa shape index (κ1) is 28.7. The molecule has 42 heavy (non-hydrogen) atoms. The Kier molecular flexibility index (Phi) is 9.33. The number of hydroxylamine groups is 1. The summed E-state index contributed by atoms with van der Waals surface area (Å²) < 4.78 is 12.0. The minimum Gasteiger partial charge on any atom is -0.458 e. The van der Waals surface area contributed by atoms with Crippen LogP contribution in [0.15, 0.2) is 72.8 Å². The molecule has 1 aliphatic rings. The number of amides is 1. The maximum absolute atomic E-state index is 12.3. The molecule has 1 saturated heterocycles. The molecule has 1 fully saturated rings. The van der Waals surface area contributed by atoms with Crippen molar-refractivity contribution < 1.29 is 19.5 Å². The number of carbonyl (C=O) groups excluding carboxylic acids is 1. The van der Waals surface area contributed by atoms with Gasteiger partial charge in [0.15, 0.2) is 5.82 Å². The normalized spacial score (nSPS) is 15.0. The highest BCUT2D eigenvalue weighted by atomic mass is 16.5. The number of hydrogen-bond donors (Lipinski definition) is 2. The second-order valence-electron chi connectivity index (χ2n) is 10.1. The van der Waals surface area contributed by atoms with Crippen molar-refractivity contribution in [2.45, 2.75) is 52.0 Å². The van der Waals surface area contributed by atoms with E-state index in [2.05, 4.69) is 46.1 Å². The Bertz CT molecular complexity index is 1570. The molecule has 10 heteroatoms. The molecule has 0 radical (unpaired) electrons. The molecule has 214 valence electrons. The van der Waals surface area contributed by atoms with E-state index >= 15 is 0 Å². The zero-order valence-electron chi connectivity index (χ0n) is 23.4. The first-order valence-corrected chi connectivity index (χ1v) is 13.9. The molecule has 0 saturated carbocycles. The van der Waals surface area contributed by atoms with Crippen LogP contribution in [0.5, 0.6) is 12.0 Å². The van der Waals surface area contributed by atoms with Crippen LogP contribution >= 0.6 is 0 Å². The van der Waals surface area contributed by atoms with Crippen LogP contribution in [-0.4, -0.2) is 43.6 Å². The van der Waals surface area contributed by atoms with Crippen LogP contribution in [0.2, 0.25) is 0 Å². The molecule has 0 bridgehead atoms. The quantitative estimate of drug-likeness (QED) is 0.207. The lowest BCUT2D eigenvalue weighted by atomic mass is 9.97. The van der Waals surface area contributed by atoms with E-state index in [-0.39, 0.29) is 31.8 Å². The Balaban J connectivity index is 1.38. The van der Waals surface area contributed by atoms with E-state index < -0.39 is 11.9 Å². The van der Waals surface area contributed by atoms with E-state index in [4.69, 9.17) is 9.47 Å². The first-order chi connectivity index (χ1) is 20.5. The van der Waals surface area contributed by atoms with Crippen molar-refractivity contribution in [1.82, 2.24) is 25.3 Å². The summed E-state index contributed by atoms with van der Waals surface area (Å²) in [5.41, 5.74) is 7.43. The molecular formula is C32H32N6O4. The van der Waals surface area contributed by atoms with Gasteiger partial charge in [-0.1, -0.05) is 67.1 Å². The van der Waals surface area contributed by atoms with Gasteiger partial charge in [0.2, 0.25) is 0 Å². The van der Waals surface area contributed by atoms with E-state index in [9.17, 15) is 15.3 Å². The molecular weight excluding hydrogens is 532 g/mol. The van der Waals surface area contributed by atoms with Gasteiger partial charge in [0.1, 0.15) is 13.2 Å². The van der Waals surface area contributed by atoms with Crippen molar-refractivity contribution in [3.05, 3.63) is 101 Å². The molecule has 3 aromatic carbocycles. The molecule has 1 amide bonds. The third kappa shape index (κ3) is 7.07. The monoisotopic (exact) mass is 564 g/mol. The van der Waals surface area contributed by atoms with E-state index in [1.807, 2.05) is 41.3 Å². The standard InChI is InChI=1S/C32H32N6O4/c1-22-26(13-8-14-27(22)25-11-3-2-4-12-25)21-42-32-35-29(19-38-16-6-5-15-28(38)30(39)37-40)34-31(36-32)41-20-24-10-7-9-23(17-24)18-33/h2-4,7-14,17,28,40H,5-6,15-16,19-21H2,1H3,(H,37,39). The van der Waals surface area contributed by atoms with Gasteiger partial charge in [0.05, 0.1) is 24.2 Å². The van der Waals surface area contributed by atoms with Crippen molar-refractivity contribution in [2.24, 2.45) is 0 Å². The third-order valence-electron chi connectivity index (χ3n) is 7.32. The average molecular weight is 565 g/mol. The number of nitrogens with zero attached hydrogens (tertiary/aromatic N) is 5. The number of ether oxygens (including phenoxy) is 2. The minimum absolute atomic E-state index is 0.0762. The Labute approximate surface area is 244 Å². The van der Waals surface area contributed by atoms with Gasteiger partial charge in [-0.3, -0.25) is 14.9 Å². The zero-order valence-corrected chi connectivity index (χ0v) is 23.4. The largest absolute Gasteiger partial charge is 0.458 e. The summed E-state index contributed by atoms with van der Waals surface area (Å²) in [6, 6.07) is 25.2. The van der Waals surface area contributed by atoms with Crippen molar-refractivity contribution in [3.63, 3.8) is 0 Å². The van der Waals surface area contributed by atoms with Gasteiger partial charge in [-0.2, -0.15) is 15.2 Å². The molecule has 10 nitrogen and oxygen atoms in total. The molecule has 4 aromatic rings. The number of hydrogen-bond acceptors (Lipinski definition) is 9. The number of carbonyl (C=O) groups is 1. The van der Waals surface area contributed by atoms with Gasteiger partial charge in [-0.25, -0.2) is 5.48 Å². The van der Waals surface area contributed by atoms with E-state index in [1.165, 1.54) is 0 Å². The summed E-state index contributed by atoms with van der Waals surface area (Å²) in [6.07, 6.45) is 2.42. The van der Waals surface area contributed by atoms with Gasteiger partial charge in [0, 0.05) is 0 Å². The van der Waals surface area contributed by atoms with E-state index in [0.717, 1.165) is 40.7 Å². The molecule has 0 spiro atoms. The predicted octanol–water partition coefficient (Wildman–Crippen LogP) is 4.74. The Morgan fingerprint density at radius 2 is 1.76 bits per heavy atom. The number of benzene rings is 3. The second kappa shape index (κ2) is 13.7. The number of piperidine rings is 1. The van der Waals surface area contributed by atoms with E-state index in [1.54, 1.807) is 23.7 Å². The lowest BCUT2D eigenvalue weighted by molar-refractivity contribution is -0.136. The van der Waals surface area contributed by atoms with Crippen LogP contribution in [0.3, 0.4) is 0 Å². The van der Waals surface area contributed by atoms with Crippen LogP contribution in [-0.2, 0) is 24.6 Å². The van der Waals surface area contributed by atoms with Crippen LogP contribution in [0.25, 0.3) is 11.1 Å². The van der Waals surface area contributed by atoms with Gasteiger partial charge in [-0.05, 0) is 66.3 Å². The van der Waals surface area contributed by atoms with Gasteiger partial charge >= 0.3 is 12.0 Å². The molecule has 1 atom stereocenters. The summed E-state index contributed by atoms with van der Waals surface area (Å²) >= 11 is 0. The number of aromatic nitrogens is 3. The lowest BCUT2D eigenvalue weighted by Crippen LogP contribution is -2.48. The summed E-state index contributed by atoms with van der Waals surface area (Å²) in [6.45, 7) is 3.35. The maximum Gasteiger partial charge on any atom is 0.323 e. The summed E-state index contributed by atoms with van der Waals surface area (Å²) in [5, 5.41) is 18.5. The van der Waals surface area contributed by atoms with Crippen molar-refractivity contribution in [3.8, 4) is 29.2 Å². The molecule has 2 N–H and O–H groups in total. The third-order valence-corrected chi connectivity index (χ3v) is 7.32. The Hall–Kier alpha value is -4.85. The fraction of sp³-hybridized carbons (Fsp3) is 0.281. The van der Waals surface area contributed by atoms with Crippen molar-refractivity contribution in [2.75, 3.05) is 6.54 Å². The number of nitrogens with one attached hydrogen (secondary N) is 1. The predicted molar refractivity (Wildman–Crippen MR) is 154 cm³/mol. The highest BCUT2D eigenvalue weighted by Gasteiger charge is 2.29. The van der Waals surface area contributed by atoms with Crippen LogP contribution < -0.4 is 15.0 Å². The van der Waals surface area contributed by atoms with Crippen molar-refractivity contribution in [1.29, 1.82) is 5.26 Å². The summed E-state index contributed by atoms with van der Waals surface area (Å²) in [4.78, 5) is 27.7. The Morgan fingerprint density at radius 3 is 2.52 bits per heavy atom. The van der Waals surface area contributed by atoms with E-state index in [0.29, 0.717) is 24.4 Å². The van der Waals surface area contributed by atoms with Gasteiger partial charge in [0.25, 0.3) is 5.91 Å². The fourth-order valence-corrected chi connectivity index (χ4v) is 5.10. The van der Waals surface area contributed by atoms with Crippen LogP contribution in [0.4, 0.5) is 0 Å². The zero-order chi connectivity index (χ0) is 29.3. The fourth-order valence-electron chi connectivity index (χ4n) is 5.10. The minimum atomic E-state index is -0.494. The first-order valence-electron chi connectivity index (χ1n) is 13.9. The Morgan fingerprint density at radius 1 is 1.00 bits per heavy atom. The molecule has 1 aliphatic heterocycles. The summed E-state index contributed by atoms with van der Waals surface area (Å²) in [7, 11) is 0. The smallest absolute Gasteiger partial charge is 0.323 e. The summed E-state index contributed by atoms with van der Waals surface area (Å²) in [5.74, 6) is -0.0731. The highest BCUT2D eigenvalue weighted by Crippen LogP contribution is 2.27.